The van der Waals surface area contributed by atoms with E-state index in [2.05, 4.69) is 35.2 Å². The van der Waals surface area contributed by atoms with Crippen LogP contribution >= 0.6 is 0 Å². The van der Waals surface area contributed by atoms with Crippen LogP contribution in [0.3, 0.4) is 0 Å². The smallest absolute Gasteiger partial charge is 0.115 e. The number of nitrogens with zero attached hydrogens (tertiary/aromatic N) is 3. The molecule has 38 heavy (non-hydrogen) atoms. The van der Waals surface area contributed by atoms with Gasteiger partial charge in [-0.2, -0.15) is 0 Å². The molecule has 0 N–H and O–H groups in total. The molecule has 3 heterocycles. The van der Waals surface area contributed by atoms with Crippen LogP contribution in [0.5, 0.6) is 0 Å². The molecular formula is C34H26IrN3-3. The molecule has 6 rings (SSSR count). The standard InChI is InChI=1S/C12H10N.2C11H8N.Ir/c1-13-10-6-5-9-12(13)11-7-3-2-4-8-11;2*1-2-6-10(7-3-1)11-8-4-5-9-12-11;/h2-7,9-10H,1H2;2*1-6,8-9H;/q3*-1;. The summed E-state index contributed by atoms with van der Waals surface area (Å²) in [4.78, 5) is 8.44. The molecule has 189 valence electrons. The molecule has 4 heteroatoms. The number of rotatable bonds is 3. The maximum Gasteiger partial charge on any atom is 0.115 e. The Bertz CT molecular complexity index is 1300. The van der Waals surface area contributed by atoms with Gasteiger partial charge in [-0.3, -0.25) is 0 Å². The quantitative estimate of drug-likeness (QED) is 0.148. The number of hydrogen-bond donors (Lipinski definition) is 0. The molecular weight excluding hydrogens is 643 g/mol. The van der Waals surface area contributed by atoms with E-state index >= 15 is 0 Å². The van der Waals surface area contributed by atoms with Crippen LogP contribution in [0.2, 0.25) is 0 Å². The van der Waals surface area contributed by atoms with Crippen molar-refractivity contribution in [1.29, 1.82) is 0 Å². The van der Waals surface area contributed by atoms with Crippen molar-refractivity contribution < 1.29 is 24.7 Å². The van der Waals surface area contributed by atoms with E-state index in [0.29, 0.717) is 0 Å². The summed E-state index contributed by atoms with van der Waals surface area (Å²) in [5.41, 5.74) is 6.16. The Morgan fingerprint density at radius 2 is 0.947 bits per heavy atom. The minimum atomic E-state index is 0. The molecule has 0 amide bonds. The third-order valence-electron chi connectivity index (χ3n) is 5.23. The van der Waals surface area contributed by atoms with E-state index in [4.69, 9.17) is 0 Å². The molecule has 1 radical (unpaired) electrons. The molecule has 0 saturated heterocycles. The fourth-order valence-electron chi connectivity index (χ4n) is 3.42. The predicted molar refractivity (Wildman–Crippen MR) is 149 cm³/mol. The Morgan fingerprint density at radius 3 is 1.34 bits per heavy atom. The van der Waals surface area contributed by atoms with Crippen molar-refractivity contribution in [2.75, 3.05) is 0 Å². The molecule has 6 aromatic rings. The summed E-state index contributed by atoms with van der Waals surface area (Å²) in [5.74, 6) is 0. The van der Waals surface area contributed by atoms with Crippen LogP contribution in [0.15, 0.2) is 146 Å². The van der Waals surface area contributed by atoms with Gasteiger partial charge in [-0.05, 0) is 29.6 Å². The van der Waals surface area contributed by atoms with Gasteiger partial charge in [0, 0.05) is 39.5 Å². The van der Waals surface area contributed by atoms with Gasteiger partial charge >= 0.3 is 0 Å². The van der Waals surface area contributed by atoms with Crippen LogP contribution in [0.4, 0.5) is 0 Å². The van der Waals surface area contributed by atoms with E-state index < -0.39 is 0 Å². The Morgan fingerprint density at radius 1 is 0.500 bits per heavy atom. The Balaban J connectivity index is 0.000000156. The first-order valence-electron chi connectivity index (χ1n) is 11.9. The van der Waals surface area contributed by atoms with Crippen molar-refractivity contribution in [2.24, 2.45) is 0 Å². The van der Waals surface area contributed by atoms with Gasteiger partial charge in [0.25, 0.3) is 0 Å². The monoisotopic (exact) mass is 669 g/mol. The average molecular weight is 669 g/mol. The summed E-state index contributed by atoms with van der Waals surface area (Å²) in [5, 5.41) is 0. The van der Waals surface area contributed by atoms with E-state index in [1.165, 1.54) is 0 Å². The summed E-state index contributed by atoms with van der Waals surface area (Å²) in [7, 11) is 3.89. The van der Waals surface area contributed by atoms with Crippen LogP contribution < -0.4 is 4.57 Å². The van der Waals surface area contributed by atoms with E-state index in [-0.39, 0.29) is 20.1 Å². The number of aromatic nitrogens is 3. The normalized spacial score (nSPS) is 9.47. The van der Waals surface area contributed by atoms with Crippen LogP contribution in [-0.2, 0) is 20.1 Å². The second kappa shape index (κ2) is 15.7. The second-order valence-corrected chi connectivity index (χ2v) is 7.81. The third-order valence-corrected chi connectivity index (χ3v) is 5.23. The molecule has 3 nitrogen and oxygen atoms in total. The molecule has 0 atom stereocenters. The molecule has 0 bridgehead atoms. The summed E-state index contributed by atoms with van der Waals surface area (Å²) in [6.45, 7) is 0. The van der Waals surface area contributed by atoms with Gasteiger partial charge in [-0.15, -0.1) is 102 Å². The number of pyridine rings is 3. The summed E-state index contributed by atoms with van der Waals surface area (Å²) in [6, 6.07) is 50.7. The van der Waals surface area contributed by atoms with Gasteiger partial charge in [0.2, 0.25) is 0 Å². The Kier molecular flexibility index (Phi) is 11.6. The average Bonchev–Trinajstić information content (AvgIpc) is 3.00. The number of hydrogen-bond acceptors (Lipinski definition) is 2. The molecule has 3 aromatic heterocycles. The first-order valence-corrected chi connectivity index (χ1v) is 11.9. The topological polar surface area (TPSA) is 29.7 Å². The van der Waals surface area contributed by atoms with E-state index in [9.17, 15) is 0 Å². The predicted octanol–water partition coefficient (Wildman–Crippen LogP) is 7.18. The van der Waals surface area contributed by atoms with Crippen molar-refractivity contribution in [3.8, 4) is 33.8 Å². The minimum absolute atomic E-state index is 0. The molecule has 0 saturated carbocycles. The molecule has 3 aromatic carbocycles. The summed E-state index contributed by atoms with van der Waals surface area (Å²) < 4.78 is 1.84. The summed E-state index contributed by atoms with van der Waals surface area (Å²) >= 11 is 0. The van der Waals surface area contributed by atoms with Gasteiger partial charge in [0.1, 0.15) is 5.69 Å². The SMILES string of the molecule is [CH2-][n+]1ccccc1-c1[c-]cccc1.[Ir].[c-]1ccccc1-c1ccccn1.[c-]1ccccc1-c1ccccn1. The van der Waals surface area contributed by atoms with Crippen molar-refractivity contribution in [3.63, 3.8) is 0 Å². The fraction of sp³-hybridized carbons (Fsp3) is 0. The largest absolute Gasteiger partial charge is 0.321 e. The zero-order valence-electron chi connectivity index (χ0n) is 20.7. The van der Waals surface area contributed by atoms with Crippen LogP contribution in [-0.4, -0.2) is 9.97 Å². The maximum atomic E-state index is 4.22. The first kappa shape index (κ1) is 28.2. The van der Waals surface area contributed by atoms with Crippen molar-refractivity contribution in [2.45, 2.75) is 0 Å². The molecule has 0 fully saturated rings. The van der Waals surface area contributed by atoms with Gasteiger partial charge in [0.05, 0.1) is 6.20 Å². The minimum Gasteiger partial charge on any atom is -0.321 e. The van der Waals surface area contributed by atoms with Crippen LogP contribution in [0, 0.1) is 25.2 Å². The van der Waals surface area contributed by atoms with Gasteiger partial charge < -0.3 is 14.5 Å². The van der Waals surface area contributed by atoms with E-state index in [0.717, 1.165) is 33.8 Å². The maximum absolute atomic E-state index is 4.22. The molecule has 0 unspecified atom stereocenters. The second-order valence-electron chi connectivity index (χ2n) is 7.81. The molecule has 0 aliphatic heterocycles. The molecule has 0 aliphatic carbocycles. The zero-order chi connectivity index (χ0) is 25.5. The molecule has 0 aliphatic rings. The van der Waals surface area contributed by atoms with Crippen molar-refractivity contribution in [3.05, 3.63) is 171 Å². The van der Waals surface area contributed by atoms with Gasteiger partial charge in [-0.1, -0.05) is 42.0 Å². The first-order chi connectivity index (χ1) is 18.3. The molecule has 0 spiro atoms. The Hall–Kier alpha value is -4.37. The van der Waals surface area contributed by atoms with Crippen LogP contribution in [0.25, 0.3) is 33.8 Å². The number of benzene rings is 3. The summed E-state index contributed by atoms with van der Waals surface area (Å²) in [6.07, 6.45) is 5.50. The van der Waals surface area contributed by atoms with Gasteiger partial charge in [0.15, 0.2) is 0 Å². The van der Waals surface area contributed by atoms with Crippen LogP contribution in [0.1, 0.15) is 0 Å². The third kappa shape index (κ3) is 8.63. The van der Waals surface area contributed by atoms with Gasteiger partial charge in [-0.25, -0.2) is 0 Å². The zero-order valence-corrected chi connectivity index (χ0v) is 23.1. The van der Waals surface area contributed by atoms with Crippen molar-refractivity contribution >= 4 is 0 Å². The van der Waals surface area contributed by atoms with Crippen molar-refractivity contribution in [1.82, 2.24) is 9.97 Å². The fourth-order valence-corrected chi connectivity index (χ4v) is 3.42. The van der Waals surface area contributed by atoms with E-state index in [1.54, 1.807) is 12.4 Å². The van der Waals surface area contributed by atoms with E-state index in [1.807, 2.05) is 138 Å². The Labute approximate surface area is 238 Å².